The highest BCUT2D eigenvalue weighted by Gasteiger charge is 2.34. The van der Waals surface area contributed by atoms with Gasteiger partial charge >= 0.3 is 5.97 Å². The quantitative estimate of drug-likeness (QED) is 0.318. The first-order valence-corrected chi connectivity index (χ1v) is 11.5. The summed E-state index contributed by atoms with van der Waals surface area (Å²) in [6.07, 6.45) is 8.33. The van der Waals surface area contributed by atoms with Gasteiger partial charge in [-0.3, -0.25) is 4.79 Å². The summed E-state index contributed by atoms with van der Waals surface area (Å²) in [5.41, 5.74) is 4.41. The zero-order valence-corrected chi connectivity index (χ0v) is 19.0. The first-order chi connectivity index (χ1) is 15.1. The largest absolute Gasteiger partial charge is 0.493 e. The van der Waals surface area contributed by atoms with Crippen molar-refractivity contribution in [1.29, 1.82) is 0 Å². The zero-order valence-electron chi connectivity index (χ0n) is 19.0. The van der Waals surface area contributed by atoms with Crippen LogP contribution in [0.5, 0.6) is 5.75 Å². The molecule has 2 aromatic rings. The van der Waals surface area contributed by atoms with Crippen LogP contribution in [0.1, 0.15) is 81.7 Å². The molecule has 31 heavy (non-hydrogen) atoms. The maximum Gasteiger partial charge on any atom is 0.305 e. The fourth-order valence-electron chi connectivity index (χ4n) is 4.24. The van der Waals surface area contributed by atoms with Gasteiger partial charge in [0.15, 0.2) is 0 Å². The van der Waals surface area contributed by atoms with Crippen molar-refractivity contribution in [1.82, 2.24) is 4.98 Å². The highest BCUT2D eigenvalue weighted by molar-refractivity contribution is 5.69. The second-order valence-corrected chi connectivity index (χ2v) is 8.11. The number of nitrogens with zero attached hydrogens (tertiary/aromatic N) is 1. The molecule has 0 N–H and O–H groups in total. The number of fused-ring (bicyclic) bond motifs is 1. The van der Waals surface area contributed by atoms with Gasteiger partial charge in [-0.2, -0.15) is 0 Å². The third kappa shape index (κ3) is 5.88. The van der Waals surface area contributed by atoms with Crippen molar-refractivity contribution in [3.8, 4) is 17.6 Å². The highest BCUT2D eigenvalue weighted by atomic mass is 16.5. The molecule has 0 aliphatic carbocycles. The Hall–Kier alpha value is -2.80. The summed E-state index contributed by atoms with van der Waals surface area (Å²) in [4.78, 5) is 15.9. The molecule has 0 unspecified atom stereocenters. The van der Waals surface area contributed by atoms with E-state index in [1.165, 1.54) is 5.56 Å². The lowest BCUT2D eigenvalue weighted by molar-refractivity contribution is -0.143. The second kappa shape index (κ2) is 11.0. The number of aromatic nitrogens is 1. The minimum Gasteiger partial charge on any atom is -0.493 e. The van der Waals surface area contributed by atoms with Crippen LogP contribution in [-0.4, -0.2) is 24.2 Å². The fraction of sp³-hybridized carbons (Fsp3) is 0.481. The fourth-order valence-corrected chi connectivity index (χ4v) is 4.24. The van der Waals surface area contributed by atoms with Crippen LogP contribution in [0.25, 0.3) is 0 Å². The van der Waals surface area contributed by atoms with E-state index >= 15 is 0 Å². The third-order valence-corrected chi connectivity index (χ3v) is 6.30. The Labute approximate surface area is 186 Å². The molecule has 0 fully saturated rings. The van der Waals surface area contributed by atoms with E-state index in [1.807, 2.05) is 25.3 Å². The van der Waals surface area contributed by atoms with Crippen LogP contribution in [0.2, 0.25) is 0 Å². The lowest BCUT2D eigenvalue weighted by atomic mass is 9.71. The lowest BCUT2D eigenvalue weighted by Gasteiger charge is -2.37. The van der Waals surface area contributed by atoms with Gasteiger partial charge in [-0.05, 0) is 81.2 Å². The van der Waals surface area contributed by atoms with Crippen molar-refractivity contribution >= 4 is 5.97 Å². The molecule has 1 aromatic carbocycles. The van der Waals surface area contributed by atoms with Crippen molar-refractivity contribution in [2.45, 2.75) is 71.1 Å². The van der Waals surface area contributed by atoms with Crippen LogP contribution in [0.4, 0.5) is 0 Å². The van der Waals surface area contributed by atoms with E-state index < -0.39 is 0 Å². The van der Waals surface area contributed by atoms with E-state index in [4.69, 9.17) is 9.47 Å². The number of hydrogen-bond donors (Lipinski definition) is 0. The summed E-state index contributed by atoms with van der Waals surface area (Å²) in [5, 5.41) is 0. The van der Waals surface area contributed by atoms with Gasteiger partial charge in [0, 0.05) is 29.2 Å². The smallest absolute Gasteiger partial charge is 0.305 e. The first kappa shape index (κ1) is 22.9. The molecular weight excluding hydrogens is 386 g/mol. The third-order valence-electron chi connectivity index (χ3n) is 6.30. The van der Waals surface area contributed by atoms with Gasteiger partial charge in [0.05, 0.1) is 13.2 Å². The maximum absolute atomic E-state index is 11.4. The standard InChI is InChI=1S/C27H33NO3/c1-4-27(5-2)17-18-31-25-16-13-21(19-24(25)27)11-14-23-15-12-22(20-28-23)9-7-8-10-26(29)30-6-3/h12-13,15-16,19-20H,4-10,17-18H2,1-3H3. The Morgan fingerprint density at radius 3 is 2.68 bits per heavy atom. The lowest BCUT2D eigenvalue weighted by Crippen LogP contribution is -2.31. The predicted molar refractivity (Wildman–Crippen MR) is 123 cm³/mol. The van der Waals surface area contributed by atoms with Crippen molar-refractivity contribution < 1.29 is 14.3 Å². The van der Waals surface area contributed by atoms with Crippen molar-refractivity contribution in [2.24, 2.45) is 0 Å². The molecule has 0 atom stereocenters. The Bertz CT molecular complexity index is 933. The van der Waals surface area contributed by atoms with Gasteiger partial charge in [0.2, 0.25) is 0 Å². The van der Waals surface area contributed by atoms with E-state index in [9.17, 15) is 4.79 Å². The van der Waals surface area contributed by atoms with E-state index in [-0.39, 0.29) is 11.4 Å². The Balaban J connectivity index is 1.62. The van der Waals surface area contributed by atoms with Crippen molar-refractivity contribution in [3.63, 3.8) is 0 Å². The molecule has 0 saturated heterocycles. The second-order valence-electron chi connectivity index (χ2n) is 8.11. The SMILES string of the molecule is CCOC(=O)CCCCc1ccc(C#Cc2ccc3c(c2)C(CC)(CC)CCO3)nc1. The van der Waals surface area contributed by atoms with Gasteiger partial charge in [-0.15, -0.1) is 0 Å². The average molecular weight is 420 g/mol. The molecule has 2 heterocycles. The minimum absolute atomic E-state index is 0.116. The summed E-state index contributed by atoms with van der Waals surface area (Å²) in [7, 11) is 0. The van der Waals surface area contributed by atoms with Crippen LogP contribution < -0.4 is 4.74 Å². The number of benzene rings is 1. The minimum atomic E-state index is -0.116. The highest BCUT2D eigenvalue weighted by Crippen LogP contribution is 2.43. The number of aryl methyl sites for hydroxylation is 1. The summed E-state index contributed by atoms with van der Waals surface area (Å²) < 4.78 is 10.8. The van der Waals surface area contributed by atoms with Crippen LogP contribution in [0.3, 0.4) is 0 Å². The van der Waals surface area contributed by atoms with Crippen LogP contribution >= 0.6 is 0 Å². The number of pyridine rings is 1. The summed E-state index contributed by atoms with van der Waals surface area (Å²) in [6, 6.07) is 10.3. The van der Waals surface area contributed by atoms with E-state index in [0.29, 0.717) is 13.0 Å². The molecule has 0 spiro atoms. The van der Waals surface area contributed by atoms with Gasteiger partial charge < -0.3 is 9.47 Å². The van der Waals surface area contributed by atoms with Gasteiger partial charge in [0.25, 0.3) is 0 Å². The number of hydrogen-bond acceptors (Lipinski definition) is 4. The summed E-state index contributed by atoms with van der Waals surface area (Å²) in [6.45, 7) is 7.59. The predicted octanol–water partition coefficient (Wildman–Crippen LogP) is 5.60. The Kier molecular flexibility index (Phi) is 8.12. The van der Waals surface area contributed by atoms with Gasteiger partial charge in [0.1, 0.15) is 11.4 Å². The molecule has 0 radical (unpaired) electrons. The molecule has 0 saturated carbocycles. The van der Waals surface area contributed by atoms with Crippen LogP contribution in [-0.2, 0) is 21.4 Å². The summed E-state index contributed by atoms with van der Waals surface area (Å²) >= 11 is 0. The molecular formula is C27H33NO3. The molecule has 1 aliphatic rings. The molecule has 0 bridgehead atoms. The average Bonchev–Trinajstić information content (AvgIpc) is 2.81. The molecule has 1 aromatic heterocycles. The summed E-state index contributed by atoms with van der Waals surface area (Å²) in [5.74, 6) is 7.36. The molecule has 4 nitrogen and oxygen atoms in total. The van der Waals surface area contributed by atoms with E-state index in [1.54, 1.807) is 0 Å². The topological polar surface area (TPSA) is 48.4 Å². The van der Waals surface area contributed by atoms with Crippen LogP contribution in [0.15, 0.2) is 36.5 Å². The number of esters is 1. The first-order valence-electron chi connectivity index (χ1n) is 11.5. The normalized spacial score (nSPS) is 14.0. The molecule has 4 heteroatoms. The molecule has 164 valence electrons. The van der Waals surface area contributed by atoms with E-state index in [2.05, 4.69) is 48.9 Å². The number of carbonyl (C=O) groups excluding carboxylic acids is 1. The molecule has 1 aliphatic heterocycles. The van der Waals surface area contributed by atoms with E-state index in [0.717, 1.165) is 67.7 Å². The van der Waals surface area contributed by atoms with Gasteiger partial charge in [-0.25, -0.2) is 4.98 Å². The van der Waals surface area contributed by atoms with Crippen LogP contribution in [0, 0.1) is 11.8 Å². The molecule has 0 amide bonds. The maximum atomic E-state index is 11.4. The number of rotatable bonds is 8. The Morgan fingerprint density at radius 1 is 1.13 bits per heavy atom. The number of ether oxygens (including phenoxy) is 2. The number of carbonyl (C=O) groups is 1. The molecule has 3 rings (SSSR count). The van der Waals surface area contributed by atoms with Crippen molar-refractivity contribution in [2.75, 3.05) is 13.2 Å². The Morgan fingerprint density at radius 2 is 1.97 bits per heavy atom. The monoisotopic (exact) mass is 419 g/mol. The zero-order chi connectivity index (χ0) is 22.1. The van der Waals surface area contributed by atoms with Gasteiger partial charge in [-0.1, -0.05) is 25.8 Å². The van der Waals surface area contributed by atoms with Crippen molar-refractivity contribution in [3.05, 3.63) is 58.9 Å². The number of unbranched alkanes of at least 4 members (excludes halogenated alkanes) is 1.